The minimum atomic E-state index is -0.930. The second-order valence-electron chi connectivity index (χ2n) is 6.94. The Hall–Kier alpha value is -0.810. The van der Waals surface area contributed by atoms with Gasteiger partial charge in [-0.05, 0) is 18.4 Å². The average molecular weight is 372 g/mol. The van der Waals surface area contributed by atoms with Crippen molar-refractivity contribution in [1.29, 1.82) is 0 Å². The van der Waals surface area contributed by atoms with Crippen molar-refractivity contribution in [2.24, 2.45) is 11.8 Å². The molecule has 0 aromatic heterocycles. The minimum Gasteiger partial charge on any atom is -0.480 e. The van der Waals surface area contributed by atoms with Crippen molar-refractivity contribution < 1.29 is 15.0 Å². The molecule has 0 amide bonds. The van der Waals surface area contributed by atoms with Crippen molar-refractivity contribution in [1.82, 2.24) is 4.90 Å². The number of aliphatic hydroxyl groups is 1. The summed E-state index contributed by atoms with van der Waals surface area (Å²) in [5.74, 6) is -0.297. The molecule has 1 unspecified atom stereocenters. The molecule has 132 valence electrons. The topological polar surface area (TPSA) is 60.8 Å². The highest BCUT2D eigenvalue weighted by atomic mass is 35.5. The highest BCUT2D eigenvalue weighted by Crippen LogP contribution is 2.40. The van der Waals surface area contributed by atoms with Gasteiger partial charge >= 0.3 is 5.97 Å². The van der Waals surface area contributed by atoms with Gasteiger partial charge in [0.1, 0.15) is 6.04 Å². The van der Waals surface area contributed by atoms with Gasteiger partial charge in [-0.3, -0.25) is 9.69 Å². The van der Waals surface area contributed by atoms with Crippen molar-refractivity contribution in [3.05, 3.63) is 33.8 Å². The number of halogens is 2. The van der Waals surface area contributed by atoms with Gasteiger partial charge in [0.15, 0.2) is 0 Å². The molecule has 0 radical (unpaired) electrons. The van der Waals surface area contributed by atoms with E-state index in [4.69, 9.17) is 23.2 Å². The van der Waals surface area contributed by atoms with Gasteiger partial charge in [0.2, 0.25) is 0 Å². The van der Waals surface area contributed by atoms with Gasteiger partial charge < -0.3 is 10.2 Å². The van der Waals surface area contributed by atoms with E-state index in [0.717, 1.165) is 12.8 Å². The molecule has 2 aliphatic rings. The number of carboxylic acids is 1. The molecule has 1 aliphatic carbocycles. The number of carbonyl (C=O) groups is 1. The van der Waals surface area contributed by atoms with E-state index in [1.54, 1.807) is 18.2 Å². The van der Waals surface area contributed by atoms with Crippen LogP contribution in [0, 0.1) is 11.8 Å². The Morgan fingerprint density at radius 3 is 2.58 bits per heavy atom. The standard InChI is InChI=1S/C18H23Cl2NO3/c19-14-7-3-6-12(16(14)20)17(18(23)24)21-9-8-15(22)13(10-21)11-4-1-2-5-11/h3,6-7,11,13,15,17,22H,1-2,4-5,8-10H2,(H,23,24)/t13-,15+,17?/m0/s1. The number of aliphatic carboxylic acids is 1. The maximum atomic E-state index is 12.0. The van der Waals surface area contributed by atoms with E-state index in [1.807, 2.05) is 4.90 Å². The van der Waals surface area contributed by atoms with Gasteiger partial charge in [-0.15, -0.1) is 0 Å². The summed E-state index contributed by atoms with van der Waals surface area (Å²) >= 11 is 12.3. The summed E-state index contributed by atoms with van der Waals surface area (Å²) in [6, 6.07) is 4.29. The summed E-state index contributed by atoms with van der Waals surface area (Å²) in [6.07, 6.45) is 4.93. The van der Waals surface area contributed by atoms with E-state index in [2.05, 4.69) is 0 Å². The molecule has 0 bridgehead atoms. The first kappa shape index (κ1) is 18.0. The molecule has 0 spiro atoms. The molecule has 1 aliphatic heterocycles. The van der Waals surface area contributed by atoms with Crippen molar-refractivity contribution in [2.45, 2.75) is 44.2 Å². The fraction of sp³-hybridized carbons (Fsp3) is 0.611. The highest BCUT2D eigenvalue weighted by Gasteiger charge is 2.40. The smallest absolute Gasteiger partial charge is 0.325 e. The first-order chi connectivity index (χ1) is 11.5. The van der Waals surface area contributed by atoms with Gasteiger partial charge in [0.05, 0.1) is 16.1 Å². The first-order valence-corrected chi connectivity index (χ1v) is 9.33. The second-order valence-corrected chi connectivity index (χ2v) is 7.73. The lowest BCUT2D eigenvalue weighted by atomic mass is 9.81. The first-order valence-electron chi connectivity index (χ1n) is 8.58. The highest BCUT2D eigenvalue weighted by molar-refractivity contribution is 6.42. The monoisotopic (exact) mass is 371 g/mol. The van der Waals surface area contributed by atoms with Gasteiger partial charge in [-0.25, -0.2) is 0 Å². The molecule has 1 aromatic rings. The normalized spacial score (nSPS) is 27.3. The van der Waals surface area contributed by atoms with Crippen LogP contribution in [-0.4, -0.2) is 40.3 Å². The number of hydrogen-bond donors (Lipinski definition) is 2. The summed E-state index contributed by atoms with van der Waals surface area (Å²) < 4.78 is 0. The van der Waals surface area contributed by atoms with Crippen LogP contribution in [0.3, 0.4) is 0 Å². The van der Waals surface area contributed by atoms with Gasteiger partial charge in [0.25, 0.3) is 0 Å². The van der Waals surface area contributed by atoms with Crippen LogP contribution in [0.1, 0.15) is 43.7 Å². The van der Waals surface area contributed by atoms with Crippen LogP contribution in [0.4, 0.5) is 0 Å². The van der Waals surface area contributed by atoms with Crippen LogP contribution in [0.15, 0.2) is 18.2 Å². The van der Waals surface area contributed by atoms with E-state index in [0.29, 0.717) is 41.0 Å². The third-order valence-electron chi connectivity index (χ3n) is 5.53. The molecular weight excluding hydrogens is 349 g/mol. The van der Waals surface area contributed by atoms with Crippen LogP contribution in [0.25, 0.3) is 0 Å². The Morgan fingerprint density at radius 2 is 1.92 bits per heavy atom. The lowest BCUT2D eigenvalue weighted by molar-refractivity contribution is -0.146. The van der Waals surface area contributed by atoms with Crippen molar-refractivity contribution >= 4 is 29.2 Å². The third kappa shape index (κ3) is 3.57. The molecule has 1 heterocycles. The molecule has 2 N–H and O–H groups in total. The molecule has 4 nitrogen and oxygen atoms in total. The van der Waals surface area contributed by atoms with E-state index in [-0.39, 0.29) is 12.0 Å². The summed E-state index contributed by atoms with van der Waals surface area (Å²) in [5, 5.41) is 20.9. The Labute approximate surface area is 152 Å². The number of nitrogens with zero attached hydrogens (tertiary/aromatic N) is 1. The lowest BCUT2D eigenvalue weighted by Gasteiger charge is -2.41. The number of carboxylic acid groups (broad SMARTS) is 1. The Morgan fingerprint density at radius 1 is 1.21 bits per heavy atom. The van der Waals surface area contributed by atoms with Gasteiger partial charge in [-0.1, -0.05) is 61.0 Å². The summed E-state index contributed by atoms with van der Waals surface area (Å²) in [5.41, 5.74) is 0.526. The fourth-order valence-corrected chi connectivity index (χ4v) is 4.71. The SMILES string of the molecule is O=C(O)C(c1cccc(Cl)c1Cl)N1CC[C@@H](O)[C@H](C2CCCC2)C1. The van der Waals surface area contributed by atoms with E-state index in [1.165, 1.54) is 12.8 Å². The van der Waals surface area contributed by atoms with Gasteiger partial charge in [-0.2, -0.15) is 0 Å². The largest absolute Gasteiger partial charge is 0.480 e. The van der Waals surface area contributed by atoms with Crippen LogP contribution in [0.5, 0.6) is 0 Å². The zero-order valence-corrected chi connectivity index (χ0v) is 15.0. The second kappa shape index (κ2) is 7.61. The van der Waals surface area contributed by atoms with Crippen LogP contribution in [-0.2, 0) is 4.79 Å². The van der Waals surface area contributed by atoms with Crippen LogP contribution >= 0.6 is 23.2 Å². The lowest BCUT2D eigenvalue weighted by Crippen LogP contribution is -2.48. The van der Waals surface area contributed by atoms with E-state index < -0.39 is 12.0 Å². The predicted octanol–water partition coefficient (Wildman–Crippen LogP) is 3.99. The number of benzene rings is 1. The number of hydrogen-bond acceptors (Lipinski definition) is 3. The molecule has 3 atom stereocenters. The van der Waals surface area contributed by atoms with E-state index in [9.17, 15) is 15.0 Å². The fourth-order valence-electron chi connectivity index (χ4n) is 4.30. The number of rotatable bonds is 4. The van der Waals surface area contributed by atoms with Crippen LogP contribution in [0.2, 0.25) is 10.0 Å². The minimum absolute atomic E-state index is 0.140. The maximum absolute atomic E-state index is 12.0. The third-order valence-corrected chi connectivity index (χ3v) is 6.37. The molecule has 1 aromatic carbocycles. The molecule has 24 heavy (non-hydrogen) atoms. The molecule has 1 saturated heterocycles. The molecular formula is C18H23Cl2NO3. The zero-order chi connectivity index (χ0) is 17.3. The van der Waals surface area contributed by atoms with Crippen molar-refractivity contribution in [3.8, 4) is 0 Å². The zero-order valence-electron chi connectivity index (χ0n) is 13.5. The number of likely N-dealkylation sites (tertiary alicyclic amines) is 1. The molecule has 6 heteroatoms. The molecule has 2 fully saturated rings. The van der Waals surface area contributed by atoms with E-state index >= 15 is 0 Å². The summed E-state index contributed by atoms with van der Waals surface area (Å²) in [6.45, 7) is 1.13. The Balaban J connectivity index is 1.86. The molecule has 3 rings (SSSR count). The van der Waals surface area contributed by atoms with Crippen molar-refractivity contribution in [3.63, 3.8) is 0 Å². The quantitative estimate of drug-likeness (QED) is 0.839. The summed E-state index contributed by atoms with van der Waals surface area (Å²) in [4.78, 5) is 13.9. The van der Waals surface area contributed by atoms with Crippen LogP contribution < -0.4 is 0 Å². The maximum Gasteiger partial charge on any atom is 0.325 e. The Kier molecular flexibility index (Phi) is 5.70. The van der Waals surface area contributed by atoms with Gasteiger partial charge in [0, 0.05) is 24.6 Å². The van der Waals surface area contributed by atoms with Crippen molar-refractivity contribution in [2.75, 3.05) is 13.1 Å². The summed E-state index contributed by atoms with van der Waals surface area (Å²) in [7, 11) is 0. The Bertz CT molecular complexity index is 604. The number of aliphatic hydroxyl groups excluding tert-OH is 1. The molecule has 1 saturated carbocycles. The average Bonchev–Trinajstić information content (AvgIpc) is 3.07. The predicted molar refractivity (Wildman–Crippen MR) is 94.5 cm³/mol. The number of piperidine rings is 1.